The van der Waals surface area contributed by atoms with Crippen molar-refractivity contribution in [3.63, 3.8) is 0 Å². The fourth-order valence-electron chi connectivity index (χ4n) is 2.03. The van der Waals surface area contributed by atoms with Gasteiger partial charge in [0.05, 0.1) is 18.7 Å². The van der Waals surface area contributed by atoms with Crippen molar-refractivity contribution in [2.24, 2.45) is 0 Å². The summed E-state index contributed by atoms with van der Waals surface area (Å²) in [6.45, 7) is 2.22. The first-order chi connectivity index (χ1) is 10.2. The van der Waals surface area contributed by atoms with E-state index in [0.29, 0.717) is 19.4 Å². The molecule has 0 aliphatic rings. The number of thiazole rings is 1. The van der Waals surface area contributed by atoms with E-state index in [4.69, 9.17) is 9.47 Å². The van der Waals surface area contributed by atoms with Gasteiger partial charge in [-0.05, 0) is 12.5 Å². The predicted octanol–water partition coefficient (Wildman–Crippen LogP) is 3.37. The number of benzene rings is 1. The monoisotopic (exact) mass is 305 g/mol. The second-order valence-electron chi connectivity index (χ2n) is 4.51. The van der Waals surface area contributed by atoms with E-state index in [9.17, 15) is 4.79 Å². The fraction of sp³-hybridized carbons (Fsp3) is 0.375. The van der Waals surface area contributed by atoms with E-state index >= 15 is 0 Å². The Balaban J connectivity index is 2.03. The summed E-state index contributed by atoms with van der Waals surface area (Å²) >= 11 is 1.55. The maximum Gasteiger partial charge on any atom is 0.306 e. The molecule has 0 N–H and O–H groups in total. The van der Waals surface area contributed by atoms with E-state index < -0.39 is 0 Å². The highest BCUT2D eigenvalue weighted by Gasteiger charge is 2.17. The summed E-state index contributed by atoms with van der Waals surface area (Å²) in [5.41, 5.74) is 1.98. The van der Waals surface area contributed by atoms with Crippen molar-refractivity contribution in [3.8, 4) is 0 Å². The van der Waals surface area contributed by atoms with Crippen LogP contribution in [0.15, 0.2) is 35.7 Å². The normalized spacial score (nSPS) is 12.1. The lowest BCUT2D eigenvalue weighted by molar-refractivity contribution is -0.143. The molecule has 0 bridgehead atoms. The van der Waals surface area contributed by atoms with Crippen molar-refractivity contribution in [1.29, 1.82) is 0 Å². The molecular formula is C16H19NO3S. The number of carbonyl (C=O) groups is 1. The summed E-state index contributed by atoms with van der Waals surface area (Å²) in [5.74, 6) is -0.182. The second-order valence-corrected chi connectivity index (χ2v) is 5.40. The number of nitrogens with zero attached hydrogens (tertiary/aromatic N) is 1. The number of rotatable bonds is 7. The van der Waals surface area contributed by atoms with Gasteiger partial charge in [-0.3, -0.25) is 4.79 Å². The molecule has 5 heteroatoms. The van der Waals surface area contributed by atoms with Gasteiger partial charge < -0.3 is 9.47 Å². The summed E-state index contributed by atoms with van der Waals surface area (Å²) in [5, 5.41) is 2.88. The summed E-state index contributed by atoms with van der Waals surface area (Å²) in [6, 6.07) is 9.98. The van der Waals surface area contributed by atoms with E-state index in [1.807, 2.05) is 42.6 Å². The van der Waals surface area contributed by atoms with Gasteiger partial charge in [0.15, 0.2) is 0 Å². The fourth-order valence-corrected chi connectivity index (χ4v) is 2.98. The van der Waals surface area contributed by atoms with Crippen molar-refractivity contribution in [2.75, 3.05) is 13.7 Å². The molecule has 1 aromatic carbocycles. The zero-order valence-corrected chi connectivity index (χ0v) is 13.1. The standard InChI is InChI=1S/C16H19NO3S/c1-3-20-14(18)10-9-13-11-21-16(17-13)15(19-2)12-7-5-4-6-8-12/h4-8,11,15H,3,9-10H2,1-2H3. The van der Waals surface area contributed by atoms with Crippen molar-refractivity contribution in [1.82, 2.24) is 4.98 Å². The molecule has 0 aliphatic heterocycles. The van der Waals surface area contributed by atoms with Crippen LogP contribution in [0.2, 0.25) is 0 Å². The lowest BCUT2D eigenvalue weighted by Gasteiger charge is -2.12. The number of methoxy groups -OCH3 is 1. The van der Waals surface area contributed by atoms with Crippen LogP contribution in [0.25, 0.3) is 0 Å². The van der Waals surface area contributed by atoms with E-state index in [0.717, 1.165) is 16.3 Å². The van der Waals surface area contributed by atoms with E-state index in [-0.39, 0.29) is 12.1 Å². The predicted molar refractivity (Wildman–Crippen MR) is 82.4 cm³/mol. The van der Waals surface area contributed by atoms with E-state index in [2.05, 4.69) is 4.98 Å². The largest absolute Gasteiger partial charge is 0.466 e. The molecule has 1 aromatic heterocycles. The van der Waals surface area contributed by atoms with Crippen LogP contribution in [0.1, 0.15) is 35.7 Å². The molecule has 1 heterocycles. The zero-order valence-electron chi connectivity index (χ0n) is 12.2. The lowest BCUT2D eigenvalue weighted by atomic mass is 10.1. The van der Waals surface area contributed by atoms with Crippen LogP contribution in [0.5, 0.6) is 0 Å². The van der Waals surface area contributed by atoms with Gasteiger partial charge >= 0.3 is 5.97 Å². The second kappa shape index (κ2) is 7.90. The molecule has 2 aromatic rings. The van der Waals surface area contributed by atoms with Crippen molar-refractivity contribution in [3.05, 3.63) is 52.0 Å². The summed E-state index contributed by atoms with van der Waals surface area (Å²) in [7, 11) is 1.68. The van der Waals surface area contributed by atoms with Gasteiger partial charge in [0.1, 0.15) is 11.1 Å². The van der Waals surface area contributed by atoms with Crippen molar-refractivity contribution >= 4 is 17.3 Å². The Morgan fingerprint density at radius 2 is 2.10 bits per heavy atom. The van der Waals surface area contributed by atoms with Crippen LogP contribution < -0.4 is 0 Å². The average molecular weight is 305 g/mol. The van der Waals surface area contributed by atoms with E-state index in [1.165, 1.54) is 0 Å². The van der Waals surface area contributed by atoms with Gasteiger partial charge in [-0.25, -0.2) is 4.98 Å². The minimum atomic E-state index is -0.182. The molecule has 0 spiro atoms. The van der Waals surface area contributed by atoms with Gasteiger partial charge in [-0.1, -0.05) is 30.3 Å². The van der Waals surface area contributed by atoms with Crippen LogP contribution in [-0.2, 0) is 20.7 Å². The molecule has 21 heavy (non-hydrogen) atoms. The number of hydrogen-bond donors (Lipinski definition) is 0. The average Bonchev–Trinajstić information content (AvgIpc) is 2.96. The van der Waals surface area contributed by atoms with Crippen LogP contribution in [0.4, 0.5) is 0 Å². The maximum atomic E-state index is 11.4. The van der Waals surface area contributed by atoms with Crippen LogP contribution in [-0.4, -0.2) is 24.7 Å². The Hall–Kier alpha value is -1.72. The molecule has 0 fully saturated rings. The van der Waals surface area contributed by atoms with E-state index in [1.54, 1.807) is 18.4 Å². The Kier molecular flexibility index (Phi) is 5.90. The van der Waals surface area contributed by atoms with Gasteiger partial charge in [-0.2, -0.15) is 0 Å². The van der Waals surface area contributed by atoms with Gasteiger partial charge in [0.25, 0.3) is 0 Å². The SMILES string of the molecule is CCOC(=O)CCc1csc(C(OC)c2ccccc2)n1. The minimum Gasteiger partial charge on any atom is -0.466 e. The number of aromatic nitrogens is 1. The Morgan fingerprint density at radius 1 is 1.33 bits per heavy atom. The number of ether oxygens (including phenoxy) is 2. The van der Waals surface area contributed by atoms with Gasteiger partial charge in [0, 0.05) is 18.9 Å². The van der Waals surface area contributed by atoms with Crippen LogP contribution in [0, 0.1) is 0 Å². The smallest absolute Gasteiger partial charge is 0.306 e. The number of carbonyl (C=O) groups excluding carboxylic acids is 1. The van der Waals surface area contributed by atoms with Gasteiger partial charge in [0.2, 0.25) is 0 Å². The Morgan fingerprint density at radius 3 is 2.76 bits per heavy atom. The molecule has 4 nitrogen and oxygen atoms in total. The third kappa shape index (κ3) is 4.37. The Bertz CT molecular complexity index is 568. The number of aryl methyl sites for hydroxylation is 1. The lowest BCUT2D eigenvalue weighted by Crippen LogP contribution is -2.06. The van der Waals surface area contributed by atoms with Crippen LogP contribution >= 0.6 is 11.3 Å². The molecule has 1 unspecified atom stereocenters. The Labute approximate surface area is 128 Å². The molecule has 0 amide bonds. The third-order valence-electron chi connectivity index (χ3n) is 3.02. The quantitative estimate of drug-likeness (QED) is 0.736. The molecule has 0 radical (unpaired) electrons. The number of hydrogen-bond acceptors (Lipinski definition) is 5. The first-order valence-corrected chi connectivity index (χ1v) is 7.80. The first-order valence-electron chi connectivity index (χ1n) is 6.92. The van der Waals surface area contributed by atoms with Crippen molar-refractivity contribution < 1.29 is 14.3 Å². The number of esters is 1. The zero-order chi connectivity index (χ0) is 15.1. The molecule has 0 saturated heterocycles. The molecule has 0 saturated carbocycles. The summed E-state index contributed by atoms with van der Waals surface area (Å²) < 4.78 is 10.5. The highest BCUT2D eigenvalue weighted by atomic mass is 32.1. The maximum absolute atomic E-state index is 11.4. The van der Waals surface area contributed by atoms with Crippen LogP contribution in [0.3, 0.4) is 0 Å². The summed E-state index contributed by atoms with van der Waals surface area (Å²) in [4.78, 5) is 15.9. The highest BCUT2D eigenvalue weighted by Crippen LogP contribution is 2.28. The van der Waals surface area contributed by atoms with Crippen molar-refractivity contribution in [2.45, 2.75) is 25.9 Å². The topological polar surface area (TPSA) is 48.4 Å². The minimum absolute atomic E-state index is 0.160. The van der Waals surface area contributed by atoms with Gasteiger partial charge in [-0.15, -0.1) is 11.3 Å². The molecule has 1 atom stereocenters. The molecule has 0 aliphatic carbocycles. The molecule has 112 valence electrons. The molecule has 2 rings (SSSR count). The first kappa shape index (κ1) is 15.7. The third-order valence-corrected chi connectivity index (χ3v) is 3.96. The highest BCUT2D eigenvalue weighted by molar-refractivity contribution is 7.09. The summed E-state index contributed by atoms with van der Waals surface area (Å²) in [6.07, 6.45) is 0.799. The molecular weight excluding hydrogens is 286 g/mol.